The van der Waals surface area contributed by atoms with Crippen LogP contribution < -0.4 is 5.73 Å². The Morgan fingerprint density at radius 3 is 3.13 bits per heavy atom. The van der Waals surface area contributed by atoms with Crippen LogP contribution in [0.25, 0.3) is 0 Å². The fourth-order valence-electron chi connectivity index (χ4n) is 1.77. The third kappa shape index (κ3) is 2.35. The molecule has 0 aromatic carbocycles. The van der Waals surface area contributed by atoms with Crippen molar-refractivity contribution in [1.82, 2.24) is 10.1 Å². The quantitative estimate of drug-likeness (QED) is 0.806. The van der Waals surface area contributed by atoms with Gasteiger partial charge in [0, 0.05) is 18.9 Å². The van der Waals surface area contributed by atoms with Crippen molar-refractivity contribution in [3.63, 3.8) is 0 Å². The van der Waals surface area contributed by atoms with Crippen molar-refractivity contribution < 1.29 is 9.26 Å². The second-order valence-corrected chi connectivity index (χ2v) is 3.95. The number of hydrogen-bond donors (Lipinski definition) is 1. The lowest BCUT2D eigenvalue weighted by Crippen LogP contribution is -2.22. The van der Waals surface area contributed by atoms with Crippen LogP contribution in [0.4, 0.5) is 0 Å². The van der Waals surface area contributed by atoms with Crippen LogP contribution in [0.15, 0.2) is 4.52 Å². The smallest absolute Gasteiger partial charge is 0.226 e. The lowest BCUT2D eigenvalue weighted by Gasteiger charge is -2.12. The van der Waals surface area contributed by atoms with Crippen molar-refractivity contribution in [2.75, 3.05) is 13.2 Å². The number of aromatic nitrogens is 2. The van der Waals surface area contributed by atoms with Gasteiger partial charge in [-0.3, -0.25) is 0 Å². The summed E-state index contributed by atoms with van der Waals surface area (Å²) in [5.74, 6) is 1.63. The maximum Gasteiger partial charge on any atom is 0.226 e. The number of hydrogen-bond acceptors (Lipinski definition) is 5. The molecule has 0 saturated carbocycles. The highest BCUT2D eigenvalue weighted by Crippen LogP contribution is 2.24. The number of ether oxygens (including phenoxy) is 1. The van der Waals surface area contributed by atoms with Gasteiger partial charge in [-0.2, -0.15) is 4.98 Å². The topological polar surface area (TPSA) is 74.2 Å². The van der Waals surface area contributed by atoms with Gasteiger partial charge in [0.05, 0.1) is 12.6 Å². The van der Waals surface area contributed by atoms with E-state index < -0.39 is 0 Å². The lowest BCUT2D eigenvalue weighted by atomic mass is 9.99. The summed E-state index contributed by atoms with van der Waals surface area (Å²) in [5, 5.41) is 3.91. The molecule has 1 aromatic heterocycles. The van der Waals surface area contributed by atoms with E-state index in [9.17, 15) is 0 Å². The summed E-state index contributed by atoms with van der Waals surface area (Å²) in [7, 11) is 0. The number of nitrogens with zero attached hydrogens (tertiary/aromatic N) is 2. The van der Waals surface area contributed by atoms with Crippen molar-refractivity contribution in [3.05, 3.63) is 11.7 Å². The Morgan fingerprint density at radius 2 is 2.47 bits per heavy atom. The van der Waals surface area contributed by atoms with E-state index in [1.165, 1.54) is 0 Å². The predicted molar refractivity (Wildman–Crippen MR) is 54.1 cm³/mol. The minimum atomic E-state index is -0.151. The molecule has 0 bridgehead atoms. The highest BCUT2D eigenvalue weighted by molar-refractivity contribution is 4.96. The molecular weight excluding hydrogens is 194 g/mol. The van der Waals surface area contributed by atoms with E-state index in [0.717, 1.165) is 25.9 Å². The minimum absolute atomic E-state index is 0.151. The van der Waals surface area contributed by atoms with Gasteiger partial charge in [-0.15, -0.1) is 0 Å². The zero-order valence-corrected chi connectivity index (χ0v) is 8.98. The van der Waals surface area contributed by atoms with E-state index >= 15 is 0 Å². The van der Waals surface area contributed by atoms with Gasteiger partial charge >= 0.3 is 0 Å². The van der Waals surface area contributed by atoms with E-state index in [4.69, 9.17) is 15.0 Å². The SMILES string of the molecule is CCCc1nc(C(N)C2CCOC2)no1. The highest BCUT2D eigenvalue weighted by atomic mass is 16.5. The molecule has 2 heterocycles. The van der Waals surface area contributed by atoms with Crippen LogP contribution in [-0.4, -0.2) is 23.4 Å². The molecule has 2 unspecified atom stereocenters. The summed E-state index contributed by atoms with van der Waals surface area (Å²) in [5.41, 5.74) is 6.04. The minimum Gasteiger partial charge on any atom is -0.381 e. The molecular formula is C10H17N3O2. The highest BCUT2D eigenvalue weighted by Gasteiger charge is 2.27. The Labute approximate surface area is 89.0 Å². The molecule has 84 valence electrons. The Hall–Kier alpha value is -0.940. The molecule has 5 nitrogen and oxygen atoms in total. The molecule has 15 heavy (non-hydrogen) atoms. The molecule has 0 spiro atoms. The van der Waals surface area contributed by atoms with Gasteiger partial charge < -0.3 is 15.0 Å². The summed E-state index contributed by atoms with van der Waals surface area (Å²) >= 11 is 0. The number of rotatable bonds is 4. The second-order valence-electron chi connectivity index (χ2n) is 3.95. The van der Waals surface area contributed by atoms with Gasteiger partial charge in [-0.05, 0) is 12.8 Å². The van der Waals surface area contributed by atoms with Gasteiger partial charge in [0.2, 0.25) is 5.89 Å². The Balaban J connectivity index is 2.00. The maximum atomic E-state index is 6.04. The van der Waals surface area contributed by atoms with Crippen LogP contribution in [0.5, 0.6) is 0 Å². The average molecular weight is 211 g/mol. The first-order valence-electron chi connectivity index (χ1n) is 5.47. The third-order valence-electron chi connectivity index (χ3n) is 2.72. The van der Waals surface area contributed by atoms with E-state index in [1.54, 1.807) is 0 Å². The summed E-state index contributed by atoms with van der Waals surface area (Å²) < 4.78 is 10.4. The molecule has 1 fully saturated rings. The van der Waals surface area contributed by atoms with E-state index in [2.05, 4.69) is 17.1 Å². The van der Waals surface area contributed by atoms with Crippen molar-refractivity contribution in [3.8, 4) is 0 Å². The predicted octanol–water partition coefficient (Wildman–Crippen LogP) is 1.06. The van der Waals surface area contributed by atoms with Crippen LogP contribution >= 0.6 is 0 Å². The van der Waals surface area contributed by atoms with Crippen LogP contribution in [-0.2, 0) is 11.2 Å². The van der Waals surface area contributed by atoms with E-state index in [1.807, 2.05) is 0 Å². The second kappa shape index (κ2) is 4.72. The summed E-state index contributed by atoms with van der Waals surface area (Å²) in [6, 6.07) is -0.151. The Bertz CT molecular complexity index is 307. The molecule has 0 aliphatic carbocycles. The zero-order chi connectivity index (χ0) is 10.7. The summed E-state index contributed by atoms with van der Waals surface area (Å²) in [4.78, 5) is 4.29. The van der Waals surface area contributed by atoms with Crippen molar-refractivity contribution in [1.29, 1.82) is 0 Å². The average Bonchev–Trinajstić information content (AvgIpc) is 2.87. The molecule has 1 aliphatic heterocycles. The van der Waals surface area contributed by atoms with Crippen LogP contribution in [0.1, 0.15) is 37.5 Å². The summed E-state index contributed by atoms with van der Waals surface area (Å²) in [6.07, 6.45) is 2.81. The molecule has 2 atom stereocenters. The third-order valence-corrected chi connectivity index (χ3v) is 2.72. The van der Waals surface area contributed by atoms with Crippen molar-refractivity contribution in [2.24, 2.45) is 11.7 Å². The molecule has 2 rings (SSSR count). The first-order valence-corrected chi connectivity index (χ1v) is 5.47. The summed E-state index contributed by atoms with van der Waals surface area (Å²) in [6.45, 7) is 3.57. The lowest BCUT2D eigenvalue weighted by molar-refractivity contribution is 0.179. The normalized spacial score (nSPS) is 23.2. The van der Waals surface area contributed by atoms with Crippen LogP contribution in [0.3, 0.4) is 0 Å². The number of aryl methyl sites for hydroxylation is 1. The molecule has 1 saturated heterocycles. The monoisotopic (exact) mass is 211 g/mol. The standard InChI is InChI=1S/C10H17N3O2/c1-2-3-8-12-10(13-15-8)9(11)7-4-5-14-6-7/h7,9H,2-6,11H2,1H3. The maximum absolute atomic E-state index is 6.04. The van der Waals surface area contributed by atoms with Crippen LogP contribution in [0.2, 0.25) is 0 Å². The Kier molecular flexibility index (Phi) is 3.33. The Morgan fingerprint density at radius 1 is 1.60 bits per heavy atom. The molecule has 0 radical (unpaired) electrons. The van der Waals surface area contributed by atoms with Crippen molar-refractivity contribution in [2.45, 2.75) is 32.2 Å². The largest absolute Gasteiger partial charge is 0.381 e. The van der Waals surface area contributed by atoms with Crippen molar-refractivity contribution >= 4 is 0 Å². The van der Waals surface area contributed by atoms with Gasteiger partial charge in [0.1, 0.15) is 0 Å². The first kappa shape index (κ1) is 10.6. The molecule has 1 aromatic rings. The fraction of sp³-hybridized carbons (Fsp3) is 0.800. The molecule has 1 aliphatic rings. The molecule has 0 amide bonds. The van der Waals surface area contributed by atoms with Gasteiger partial charge in [-0.25, -0.2) is 0 Å². The van der Waals surface area contributed by atoms with Gasteiger partial charge in [0.25, 0.3) is 0 Å². The number of nitrogens with two attached hydrogens (primary N) is 1. The molecule has 2 N–H and O–H groups in total. The van der Waals surface area contributed by atoms with E-state index in [0.29, 0.717) is 24.2 Å². The van der Waals surface area contributed by atoms with Crippen LogP contribution in [0, 0.1) is 5.92 Å². The van der Waals surface area contributed by atoms with Gasteiger partial charge in [-0.1, -0.05) is 12.1 Å². The zero-order valence-electron chi connectivity index (χ0n) is 8.98. The first-order chi connectivity index (χ1) is 7.31. The molecule has 5 heteroatoms. The van der Waals surface area contributed by atoms with E-state index in [-0.39, 0.29) is 6.04 Å². The van der Waals surface area contributed by atoms with Gasteiger partial charge in [0.15, 0.2) is 5.82 Å². The fourth-order valence-corrected chi connectivity index (χ4v) is 1.77.